The molecule has 0 aliphatic carbocycles. The maximum Gasteiger partial charge on any atom is 0.350 e. The van der Waals surface area contributed by atoms with Crippen molar-refractivity contribution in [1.82, 2.24) is 24.3 Å². The van der Waals surface area contributed by atoms with E-state index in [4.69, 9.17) is 16.1 Å². The van der Waals surface area contributed by atoms with Crippen molar-refractivity contribution in [2.45, 2.75) is 6.54 Å². The summed E-state index contributed by atoms with van der Waals surface area (Å²) in [4.78, 5) is 31.5. The average Bonchev–Trinajstić information content (AvgIpc) is 3.45. The van der Waals surface area contributed by atoms with Gasteiger partial charge in [0.25, 0.3) is 5.89 Å². The fourth-order valence-corrected chi connectivity index (χ4v) is 3.51. The summed E-state index contributed by atoms with van der Waals surface area (Å²) in [6.45, 7) is -0.217. The Kier molecular flexibility index (Phi) is 5.23. The molecule has 0 spiro atoms. The minimum atomic E-state index is -0.445. The van der Waals surface area contributed by atoms with Gasteiger partial charge in [0.05, 0.1) is 5.56 Å². The zero-order chi connectivity index (χ0) is 22.9. The molecule has 0 N–H and O–H groups in total. The third-order valence-electron chi connectivity index (χ3n) is 5.17. The molecule has 0 fully saturated rings. The lowest BCUT2D eigenvalue weighted by Gasteiger charge is -2.16. The Balaban J connectivity index is 1.48. The number of carbonyl (C=O) groups is 1. The molecular weight excluding hydrogens is 444 g/mol. The van der Waals surface area contributed by atoms with Crippen molar-refractivity contribution >= 4 is 28.8 Å². The Bertz CT molecular complexity index is 1510. The van der Waals surface area contributed by atoms with Gasteiger partial charge in [0.15, 0.2) is 5.65 Å². The van der Waals surface area contributed by atoms with E-state index in [9.17, 15) is 9.59 Å². The molecule has 164 valence electrons. The van der Waals surface area contributed by atoms with Gasteiger partial charge in [-0.25, -0.2) is 13.9 Å². The van der Waals surface area contributed by atoms with Crippen LogP contribution < -0.4 is 10.6 Å². The lowest BCUT2D eigenvalue weighted by Crippen LogP contribution is -2.34. The number of fused-ring (bicyclic) bond motifs is 1. The second-order valence-corrected chi connectivity index (χ2v) is 7.71. The number of para-hydroxylation sites is 1. The minimum absolute atomic E-state index is 0.204. The summed E-state index contributed by atoms with van der Waals surface area (Å²) in [6.07, 6.45) is 1.58. The van der Waals surface area contributed by atoms with Crippen molar-refractivity contribution in [2.24, 2.45) is 0 Å². The third kappa shape index (κ3) is 3.90. The molecule has 0 radical (unpaired) electrons. The number of hydrogen-bond donors (Lipinski definition) is 0. The highest BCUT2D eigenvalue weighted by atomic mass is 35.5. The SMILES string of the molecule is CN(C(=O)Cn1nc2c(-c3nc(-c4ccc(Cl)cc4)no3)cccn2c1=O)c1ccccc1. The molecule has 0 atom stereocenters. The number of carbonyl (C=O) groups excluding carboxylic acids is 1. The van der Waals surface area contributed by atoms with Crippen LogP contribution in [0.5, 0.6) is 0 Å². The molecule has 0 aliphatic rings. The number of anilines is 1. The Morgan fingerprint density at radius 1 is 1.06 bits per heavy atom. The Labute approximate surface area is 192 Å². The minimum Gasteiger partial charge on any atom is -0.333 e. The molecule has 0 saturated heterocycles. The molecule has 0 unspecified atom stereocenters. The number of aromatic nitrogens is 5. The maximum absolute atomic E-state index is 12.9. The summed E-state index contributed by atoms with van der Waals surface area (Å²) in [5.41, 5.74) is 1.80. The van der Waals surface area contributed by atoms with Crippen molar-refractivity contribution in [3.63, 3.8) is 0 Å². The molecule has 1 amide bonds. The van der Waals surface area contributed by atoms with Crippen LogP contribution in [-0.2, 0) is 11.3 Å². The van der Waals surface area contributed by atoms with Crippen LogP contribution in [0, 0.1) is 0 Å². The van der Waals surface area contributed by atoms with E-state index in [0.717, 1.165) is 15.9 Å². The second kappa shape index (κ2) is 8.36. The molecule has 5 rings (SSSR count). The van der Waals surface area contributed by atoms with Gasteiger partial charge in [-0.2, -0.15) is 4.98 Å². The first-order valence-corrected chi connectivity index (χ1v) is 10.4. The van der Waals surface area contributed by atoms with E-state index in [1.165, 1.54) is 9.30 Å². The van der Waals surface area contributed by atoms with Crippen LogP contribution in [0.4, 0.5) is 5.69 Å². The summed E-state index contributed by atoms with van der Waals surface area (Å²) in [5.74, 6) is 0.302. The third-order valence-corrected chi connectivity index (χ3v) is 5.42. The summed E-state index contributed by atoms with van der Waals surface area (Å²) in [7, 11) is 1.65. The van der Waals surface area contributed by atoms with Crippen LogP contribution in [-0.4, -0.2) is 37.3 Å². The number of hydrogen-bond acceptors (Lipinski definition) is 6. The topological polar surface area (TPSA) is 98.5 Å². The van der Waals surface area contributed by atoms with Crippen LogP contribution in [0.2, 0.25) is 5.02 Å². The largest absolute Gasteiger partial charge is 0.350 e. The zero-order valence-electron chi connectivity index (χ0n) is 17.4. The maximum atomic E-state index is 12.9. The van der Waals surface area contributed by atoms with Crippen molar-refractivity contribution in [1.29, 1.82) is 0 Å². The number of halogens is 1. The zero-order valence-corrected chi connectivity index (χ0v) is 18.2. The smallest absolute Gasteiger partial charge is 0.333 e. The highest BCUT2D eigenvalue weighted by Crippen LogP contribution is 2.25. The fourth-order valence-electron chi connectivity index (χ4n) is 3.39. The molecule has 0 bridgehead atoms. The van der Waals surface area contributed by atoms with E-state index in [1.807, 2.05) is 30.3 Å². The molecule has 2 aromatic carbocycles. The lowest BCUT2D eigenvalue weighted by atomic mass is 10.2. The Morgan fingerprint density at radius 3 is 2.58 bits per heavy atom. The molecule has 9 nitrogen and oxygen atoms in total. The van der Waals surface area contributed by atoms with Gasteiger partial charge < -0.3 is 9.42 Å². The highest BCUT2D eigenvalue weighted by molar-refractivity contribution is 6.30. The van der Waals surface area contributed by atoms with Gasteiger partial charge in [0.2, 0.25) is 11.7 Å². The Hall–Kier alpha value is -4.24. The van der Waals surface area contributed by atoms with E-state index in [1.54, 1.807) is 49.6 Å². The first kappa shape index (κ1) is 20.7. The number of rotatable bonds is 5. The molecule has 0 saturated carbocycles. The molecule has 3 heterocycles. The molecular formula is C23H17ClN6O3. The first-order chi connectivity index (χ1) is 16.0. The fraction of sp³-hybridized carbons (Fsp3) is 0.0870. The van der Waals surface area contributed by atoms with E-state index in [2.05, 4.69) is 15.2 Å². The lowest BCUT2D eigenvalue weighted by molar-refractivity contribution is -0.119. The second-order valence-electron chi connectivity index (χ2n) is 7.27. The first-order valence-electron chi connectivity index (χ1n) is 10.0. The predicted octanol–water partition coefficient (Wildman–Crippen LogP) is 3.53. The van der Waals surface area contributed by atoms with Crippen molar-refractivity contribution in [3.8, 4) is 22.8 Å². The summed E-state index contributed by atoms with van der Waals surface area (Å²) < 4.78 is 7.90. The van der Waals surface area contributed by atoms with Gasteiger partial charge in [0.1, 0.15) is 6.54 Å². The highest BCUT2D eigenvalue weighted by Gasteiger charge is 2.20. The normalized spacial score (nSPS) is 11.1. The number of benzene rings is 2. The summed E-state index contributed by atoms with van der Waals surface area (Å²) in [5, 5.41) is 9.00. The van der Waals surface area contributed by atoms with Gasteiger partial charge in [-0.05, 0) is 48.5 Å². The van der Waals surface area contributed by atoms with Crippen LogP contribution in [0.25, 0.3) is 28.5 Å². The van der Waals surface area contributed by atoms with Crippen molar-refractivity contribution in [2.75, 3.05) is 11.9 Å². The van der Waals surface area contributed by atoms with E-state index in [0.29, 0.717) is 22.1 Å². The van der Waals surface area contributed by atoms with E-state index >= 15 is 0 Å². The van der Waals surface area contributed by atoms with Gasteiger partial charge in [0, 0.05) is 29.5 Å². The van der Waals surface area contributed by atoms with Gasteiger partial charge in [-0.15, -0.1) is 5.10 Å². The summed E-state index contributed by atoms with van der Waals surface area (Å²) in [6, 6.07) is 19.6. The predicted molar refractivity (Wildman–Crippen MR) is 123 cm³/mol. The van der Waals surface area contributed by atoms with Crippen LogP contribution in [0.1, 0.15) is 0 Å². The molecule has 10 heteroatoms. The number of amides is 1. The van der Waals surface area contributed by atoms with E-state index in [-0.39, 0.29) is 18.3 Å². The number of likely N-dealkylation sites (N-methyl/N-ethyl adjacent to an activating group) is 1. The van der Waals surface area contributed by atoms with Crippen LogP contribution in [0.3, 0.4) is 0 Å². The van der Waals surface area contributed by atoms with Gasteiger partial charge in [-0.3, -0.25) is 4.79 Å². The van der Waals surface area contributed by atoms with Crippen molar-refractivity contribution < 1.29 is 9.32 Å². The van der Waals surface area contributed by atoms with Crippen LogP contribution >= 0.6 is 11.6 Å². The molecule has 0 aliphatic heterocycles. The molecule has 33 heavy (non-hydrogen) atoms. The van der Waals surface area contributed by atoms with Gasteiger partial charge >= 0.3 is 5.69 Å². The number of pyridine rings is 1. The Morgan fingerprint density at radius 2 is 1.82 bits per heavy atom. The summed E-state index contributed by atoms with van der Waals surface area (Å²) >= 11 is 5.94. The molecule has 3 aromatic heterocycles. The average molecular weight is 461 g/mol. The molecule has 5 aromatic rings. The standard InChI is InChI=1S/C23H17ClN6O3/c1-28(17-6-3-2-4-7-17)19(31)14-30-23(32)29-13-5-8-18(21(29)26-30)22-25-20(27-33-22)15-9-11-16(24)12-10-15/h2-13H,14H2,1H3. The monoisotopic (exact) mass is 460 g/mol. The quantitative estimate of drug-likeness (QED) is 0.398. The number of nitrogens with zero attached hydrogens (tertiary/aromatic N) is 6. The van der Waals surface area contributed by atoms with Crippen LogP contribution in [0.15, 0.2) is 82.2 Å². The van der Waals surface area contributed by atoms with Gasteiger partial charge in [-0.1, -0.05) is 35.0 Å². The van der Waals surface area contributed by atoms with Crippen molar-refractivity contribution in [3.05, 3.63) is 88.4 Å². The van der Waals surface area contributed by atoms with E-state index < -0.39 is 5.69 Å².